The standard InChI is InChI=1S/C14H17N5O2/c1-9(2)8-16-12-17-13(20)19(14(21)18-12)11-5-3-10(7-15)4-6-11/h3-6,9,12,16H,8H2,1-2H3,(H,17,20)(H,18,21). The van der Waals surface area contributed by atoms with Crippen LogP contribution in [0.1, 0.15) is 19.4 Å². The smallest absolute Gasteiger partial charge is 0.304 e. The van der Waals surface area contributed by atoms with Crippen molar-refractivity contribution in [3.8, 4) is 6.07 Å². The van der Waals surface area contributed by atoms with Gasteiger partial charge in [-0.3, -0.25) is 5.32 Å². The third-order valence-corrected chi connectivity index (χ3v) is 2.93. The zero-order valence-corrected chi connectivity index (χ0v) is 11.9. The summed E-state index contributed by atoms with van der Waals surface area (Å²) in [7, 11) is 0. The van der Waals surface area contributed by atoms with E-state index < -0.39 is 18.4 Å². The number of urea groups is 2. The van der Waals surface area contributed by atoms with Crippen LogP contribution in [0.2, 0.25) is 0 Å². The van der Waals surface area contributed by atoms with Gasteiger partial charge >= 0.3 is 12.1 Å². The summed E-state index contributed by atoms with van der Waals surface area (Å²) < 4.78 is 0. The first-order chi connectivity index (χ1) is 10.0. The monoisotopic (exact) mass is 287 g/mol. The molecule has 7 nitrogen and oxygen atoms in total. The first-order valence-electron chi connectivity index (χ1n) is 6.66. The molecule has 21 heavy (non-hydrogen) atoms. The molecule has 0 aromatic heterocycles. The molecule has 1 saturated heterocycles. The van der Waals surface area contributed by atoms with Crippen LogP contribution in [-0.4, -0.2) is 24.9 Å². The molecule has 0 bridgehead atoms. The number of benzene rings is 1. The molecule has 0 radical (unpaired) electrons. The molecule has 1 aromatic rings. The summed E-state index contributed by atoms with van der Waals surface area (Å²) in [4.78, 5) is 25.1. The normalized spacial score (nSPS) is 15.6. The number of amides is 4. The number of anilines is 1. The minimum atomic E-state index is -0.581. The van der Waals surface area contributed by atoms with Gasteiger partial charge in [0, 0.05) is 6.54 Å². The van der Waals surface area contributed by atoms with Gasteiger partial charge in [0.05, 0.1) is 17.3 Å². The predicted octanol–water partition coefficient (Wildman–Crippen LogP) is 1.33. The lowest BCUT2D eigenvalue weighted by atomic mass is 10.2. The van der Waals surface area contributed by atoms with E-state index in [1.807, 2.05) is 19.9 Å². The molecular formula is C14H17N5O2. The number of rotatable bonds is 4. The molecule has 3 N–H and O–H groups in total. The number of nitrogens with zero attached hydrogens (tertiary/aromatic N) is 2. The Morgan fingerprint density at radius 2 is 1.81 bits per heavy atom. The van der Waals surface area contributed by atoms with Gasteiger partial charge in [-0.1, -0.05) is 13.8 Å². The van der Waals surface area contributed by atoms with Crippen molar-refractivity contribution in [1.82, 2.24) is 16.0 Å². The molecule has 0 spiro atoms. The van der Waals surface area contributed by atoms with E-state index in [2.05, 4.69) is 16.0 Å². The van der Waals surface area contributed by atoms with Crippen LogP contribution >= 0.6 is 0 Å². The van der Waals surface area contributed by atoms with Gasteiger partial charge < -0.3 is 10.6 Å². The van der Waals surface area contributed by atoms with Gasteiger partial charge in [0.25, 0.3) is 0 Å². The van der Waals surface area contributed by atoms with Crippen molar-refractivity contribution in [1.29, 1.82) is 5.26 Å². The Morgan fingerprint density at radius 1 is 1.24 bits per heavy atom. The van der Waals surface area contributed by atoms with Gasteiger partial charge in [-0.05, 0) is 30.2 Å². The summed E-state index contributed by atoms with van der Waals surface area (Å²) in [5.41, 5.74) is 0.874. The average molecular weight is 287 g/mol. The molecular weight excluding hydrogens is 270 g/mol. The topological polar surface area (TPSA) is 97.3 Å². The van der Waals surface area contributed by atoms with Crippen molar-refractivity contribution in [3.05, 3.63) is 29.8 Å². The molecule has 1 fully saturated rings. The lowest BCUT2D eigenvalue weighted by Crippen LogP contribution is -2.68. The van der Waals surface area contributed by atoms with E-state index in [1.54, 1.807) is 24.3 Å². The van der Waals surface area contributed by atoms with Gasteiger partial charge in [0.2, 0.25) is 0 Å². The van der Waals surface area contributed by atoms with Crippen LogP contribution < -0.4 is 20.9 Å². The lowest BCUT2D eigenvalue weighted by molar-refractivity contribution is 0.210. The first kappa shape index (κ1) is 14.8. The van der Waals surface area contributed by atoms with Gasteiger partial charge in [-0.2, -0.15) is 5.26 Å². The van der Waals surface area contributed by atoms with E-state index >= 15 is 0 Å². The largest absolute Gasteiger partial charge is 0.332 e. The first-order valence-corrected chi connectivity index (χ1v) is 6.66. The van der Waals surface area contributed by atoms with E-state index in [0.717, 1.165) is 4.90 Å². The number of nitrogens with one attached hydrogen (secondary N) is 3. The lowest BCUT2D eigenvalue weighted by Gasteiger charge is -2.33. The average Bonchev–Trinajstić information content (AvgIpc) is 2.45. The second kappa shape index (κ2) is 6.24. The minimum Gasteiger partial charge on any atom is -0.304 e. The molecule has 1 heterocycles. The van der Waals surface area contributed by atoms with Crippen molar-refractivity contribution in [2.75, 3.05) is 11.4 Å². The maximum absolute atomic E-state index is 12.1. The number of carbonyl (C=O) groups is 2. The molecule has 1 aliphatic heterocycles. The Kier molecular flexibility index (Phi) is 4.40. The molecule has 0 atom stereocenters. The Morgan fingerprint density at radius 3 is 2.29 bits per heavy atom. The van der Waals surface area contributed by atoms with Crippen molar-refractivity contribution in [2.45, 2.75) is 20.1 Å². The summed E-state index contributed by atoms with van der Waals surface area (Å²) in [6.07, 6.45) is -0.581. The van der Waals surface area contributed by atoms with Crippen LogP contribution in [0.3, 0.4) is 0 Å². The van der Waals surface area contributed by atoms with E-state index in [4.69, 9.17) is 5.26 Å². The van der Waals surface area contributed by atoms with E-state index in [1.165, 1.54) is 0 Å². The molecule has 0 unspecified atom stereocenters. The van der Waals surface area contributed by atoms with Gasteiger partial charge in [0.1, 0.15) is 0 Å². The molecule has 110 valence electrons. The predicted molar refractivity (Wildman–Crippen MR) is 77.3 cm³/mol. The minimum absolute atomic E-state index is 0.398. The van der Waals surface area contributed by atoms with Crippen LogP contribution in [0.25, 0.3) is 0 Å². The highest BCUT2D eigenvalue weighted by molar-refractivity contribution is 6.15. The summed E-state index contributed by atoms with van der Waals surface area (Å²) in [5.74, 6) is 0.398. The maximum Gasteiger partial charge on any atom is 0.332 e. The molecule has 1 aliphatic rings. The fourth-order valence-corrected chi connectivity index (χ4v) is 1.88. The quantitative estimate of drug-likeness (QED) is 0.778. The van der Waals surface area contributed by atoms with Crippen molar-refractivity contribution >= 4 is 17.7 Å². The highest BCUT2D eigenvalue weighted by Gasteiger charge is 2.32. The molecule has 2 rings (SSSR count). The SMILES string of the molecule is CC(C)CNC1NC(=O)N(c2ccc(C#N)cc2)C(=O)N1. The van der Waals surface area contributed by atoms with Gasteiger partial charge in [-0.25, -0.2) is 14.5 Å². The number of carbonyl (C=O) groups excluding carboxylic acids is 2. The Balaban J connectivity index is 2.07. The van der Waals surface area contributed by atoms with Crippen LogP contribution in [-0.2, 0) is 0 Å². The van der Waals surface area contributed by atoms with Crippen molar-refractivity contribution in [2.24, 2.45) is 5.92 Å². The number of nitriles is 1. The highest BCUT2D eigenvalue weighted by Crippen LogP contribution is 2.17. The van der Waals surface area contributed by atoms with Crippen LogP contribution in [0, 0.1) is 17.2 Å². The third-order valence-electron chi connectivity index (χ3n) is 2.93. The van der Waals surface area contributed by atoms with Crippen LogP contribution in [0.15, 0.2) is 24.3 Å². The molecule has 4 amide bonds. The second-order valence-corrected chi connectivity index (χ2v) is 5.13. The number of hydrogen-bond donors (Lipinski definition) is 3. The van der Waals surface area contributed by atoms with E-state index in [-0.39, 0.29) is 0 Å². The molecule has 1 aromatic carbocycles. The van der Waals surface area contributed by atoms with Crippen molar-refractivity contribution < 1.29 is 9.59 Å². The fraction of sp³-hybridized carbons (Fsp3) is 0.357. The summed E-state index contributed by atoms with van der Waals surface area (Å²) >= 11 is 0. The summed E-state index contributed by atoms with van der Waals surface area (Å²) in [6, 6.07) is 7.18. The Hall–Kier alpha value is -2.59. The zero-order valence-electron chi connectivity index (χ0n) is 11.9. The maximum atomic E-state index is 12.1. The highest BCUT2D eigenvalue weighted by atomic mass is 16.2. The van der Waals surface area contributed by atoms with E-state index in [0.29, 0.717) is 23.7 Å². The Bertz CT molecular complexity index is 558. The second-order valence-electron chi connectivity index (χ2n) is 5.13. The zero-order chi connectivity index (χ0) is 15.4. The number of hydrogen-bond acceptors (Lipinski definition) is 4. The van der Waals surface area contributed by atoms with Crippen LogP contribution in [0.5, 0.6) is 0 Å². The molecule has 0 aliphatic carbocycles. The fourth-order valence-electron chi connectivity index (χ4n) is 1.88. The Labute approximate surface area is 122 Å². The van der Waals surface area contributed by atoms with E-state index in [9.17, 15) is 9.59 Å². The third kappa shape index (κ3) is 3.49. The van der Waals surface area contributed by atoms with Gasteiger partial charge in [-0.15, -0.1) is 0 Å². The van der Waals surface area contributed by atoms with Crippen molar-refractivity contribution in [3.63, 3.8) is 0 Å². The summed E-state index contributed by atoms with van der Waals surface area (Å²) in [6.45, 7) is 4.73. The molecule has 7 heteroatoms. The molecule has 0 saturated carbocycles. The van der Waals surface area contributed by atoms with Crippen LogP contribution in [0.4, 0.5) is 15.3 Å². The van der Waals surface area contributed by atoms with Gasteiger partial charge in [0.15, 0.2) is 6.29 Å². The summed E-state index contributed by atoms with van der Waals surface area (Å²) in [5, 5.41) is 17.1. The number of imide groups is 1.